The molecule has 6 heteroatoms. The van der Waals surface area contributed by atoms with Crippen LogP contribution in [0.2, 0.25) is 0 Å². The van der Waals surface area contributed by atoms with E-state index in [0.717, 1.165) is 23.0 Å². The Morgan fingerprint density at radius 1 is 1.21 bits per heavy atom. The van der Waals surface area contributed by atoms with Gasteiger partial charge >= 0.3 is 0 Å². The molecule has 1 aliphatic heterocycles. The molecule has 1 amide bonds. The molecule has 1 unspecified atom stereocenters. The number of carbonyl (C=O) groups is 1. The van der Waals surface area contributed by atoms with Crippen molar-refractivity contribution in [1.29, 1.82) is 0 Å². The van der Waals surface area contributed by atoms with Crippen molar-refractivity contribution in [3.8, 4) is 5.75 Å². The number of nitrogens with zero attached hydrogens (tertiary/aromatic N) is 2. The van der Waals surface area contributed by atoms with Gasteiger partial charge in [-0.15, -0.1) is 0 Å². The van der Waals surface area contributed by atoms with Crippen LogP contribution < -0.4 is 4.74 Å². The van der Waals surface area contributed by atoms with Gasteiger partial charge in [0.15, 0.2) is 0 Å². The van der Waals surface area contributed by atoms with E-state index in [0.29, 0.717) is 25.0 Å². The maximum Gasteiger partial charge on any atom is 0.243 e. The molecule has 1 heterocycles. The summed E-state index contributed by atoms with van der Waals surface area (Å²) in [5.74, 6) is -0.778. The molecular weight excluding hydrogens is 362 g/mol. The fourth-order valence-corrected chi connectivity index (χ4v) is 3.07. The van der Waals surface area contributed by atoms with Crippen LogP contribution >= 0.6 is 0 Å². The van der Waals surface area contributed by atoms with Gasteiger partial charge in [0.05, 0.1) is 6.04 Å². The summed E-state index contributed by atoms with van der Waals surface area (Å²) in [7, 11) is 0. The molecular formula is C22H22F2N2O2. The Morgan fingerprint density at radius 3 is 2.64 bits per heavy atom. The SMILES string of the molecule is C=C(CCC(=O)N1N=CCC1c1cc(F)cc(F)c1)COc1ccccc1C. The molecule has 0 aliphatic carbocycles. The molecule has 146 valence electrons. The highest BCUT2D eigenvalue weighted by atomic mass is 19.1. The van der Waals surface area contributed by atoms with E-state index in [9.17, 15) is 13.6 Å². The van der Waals surface area contributed by atoms with Crippen molar-refractivity contribution in [1.82, 2.24) is 5.01 Å². The van der Waals surface area contributed by atoms with E-state index in [4.69, 9.17) is 4.74 Å². The number of amides is 1. The van der Waals surface area contributed by atoms with E-state index in [1.165, 1.54) is 17.1 Å². The van der Waals surface area contributed by atoms with Crippen LogP contribution in [0.15, 0.2) is 59.7 Å². The second kappa shape index (κ2) is 8.78. The van der Waals surface area contributed by atoms with E-state index in [2.05, 4.69) is 11.7 Å². The second-order valence-electron chi connectivity index (χ2n) is 6.79. The lowest BCUT2D eigenvalue weighted by Crippen LogP contribution is -2.27. The molecule has 0 saturated carbocycles. The summed E-state index contributed by atoms with van der Waals surface area (Å²) < 4.78 is 32.7. The third-order valence-corrected chi connectivity index (χ3v) is 4.57. The van der Waals surface area contributed by atoms with E-state index in [-0.39, 0.29) is 12.3 Å². The number of hydrogen-bond acceptors (Lipinski definition) is 3. The number of hydrogen-bond donors (Lipinski definition) is 0. The fraction of sp³-hybridized carbons (Fsp3) is 0.273. The van der Waals surface area contributed by atoms with Crippen LogP contribution in [0.4, 0.5) is 8.78 Å². The number of rotatable bonds is 7. The standard InChI is InChI=1S/C22H22F2N2O2/c1-15(14-28-21-6-4-3-5-16(21)2)7-8-22(27)26-20(9-10-25-26)17-11-18(23)13-19(24)12-17/h3-6,10-13,20H,1,7-9,14H2,2H3. The number of para-hydroxylation sites is 1. The topological polar surface area (TPSA) is 41.9 Å². The van der Waals surface area contributed by atoms with Gasteiger partial charge in [0.25, 0.3) is 0 Å². The molecule has 0 N–H and O–H groups in total. The van der Waals surface area contributed by atoms with Gasteiger partial charge in [0, 0.05) is 25.1 Å². The van der Waals surface area contributed by atoms with Crippen molar-refractivity contribution >= 4 is 12.1 Å². The Labute approximate surface area is 163 Å². The predicted molar refractivity (Wildman–Crippen MR) is 104 cm³/mol. The molecule has 3 rings (SSSR count). The molecule has 0 aromatic heterocycles. The molecule has 0 spiro atoms. The summed E-state index contributed by atoms with van der Waals surface area (Å²) in [5, 5.41) is 5.38. The lowest BCUT2D eigenvalue weighted by atomic mass is 10.0. The minimum Gasteiger partial charge on any atom is -0.489 e. The lowest BCUT2D eigenvalue weighted by Gasteiger charge is -2.22. The summed E-state index contributed by atoms with van der Waals surface area (Å²) in [6.45, 7) is 6.25. The lowest BCUT2D eigenvalue weighted by molar-refractivity contribution is -0.133. The van der Waals surface area contributed by atoms with E-state index >= 15 is 0 Å². The van der Waals surface area contributed by atoms with E-state index in [1.807, 2.05) is 31.2 Å². The number of aryl methyl sites for hydroxylation is 1. The van der Waals surface area contributed by atoms with Crippen LogP contribution in [-0.4, -0.2) is 23.7 Å². The highest BCUT2D eigenvalue weighted by Gasteiger charge is 2.28. The van der Waals surface area contributed by atoms with Gasteiger partial charge in [-0.25, -0.2) is 13.8 Å². The predicted octanol–water partition coefficient (Wildman–Crippen LogP) is 4.95. The molecule has 4 nitrogen and oxygen atoms in total. The molecule has 0 bridgehead atoms. The van der Waals surface area contributed by atoms with Gasteiger partial charge < -0.3 is 4.74 Å². The van der Waals surface area contributed by atoms with Gasteiger partial charge in [0.1, 0.15) is 24.0 Å². The molecule has 28 heavy (non-hydrogen) atoms. The quantitative estimate of drug-likeness (QED) is 0.634. The van der Waals surface area contributed by atoms with Crippen LogP contribution in [0.5, 0.6) is 5.75 Å². The van der Waals surface area contributed by atoms with Crippen molar-refractivity contribution in [3.05, 3.63) is 77.4 Å². The zero-order chi connectivity index (χ0) is 20.1. The minimum absolute atomic E-state index is 0.196. The van der Waals surface area contributed by atoms with Crippen LogP contribution in [0.25, 0.3) is 0 Å². The maximum atomic E-state index is 13.5. The Morgan fingerprint density at radius 2 is 1.93 bits per heavy atom. The highest BCUT2D eigenvalue weighted by molar-refractivity contribution is 5.80. The molecule has 2 aromatic carbocycles. The van der Waals surface area contributed by atoms with Crippen LogP contribution in [-0.2, 0) is 4.79 Å². The average Bonchev–Trinajstić information content (AvgIpc) is 3.14. The number of halogens is 2. The highest BCUT2D eigenvalue weighted by Crippen LogP contribution is 2.30. The first-order valence-electron chi connectivity index (χ1n) is 9.09. The van der Waals surface area contributed by atoms with Gasteiger partial charge in [-0.05, 0) is 48.2 Å². The molecule has 0 radical (unpaired) electrons. The first-order valence-corrected chi connectivity index (χ1v) is 9.09. The van der Waals surface area contributed by atoms with Gasteiger partial charge in [-0.2, -0.15) is 5.10 Å². The summed E-state index contributed by atoms with van der Waals surface area (Å²) >= 11 is 0. The van der Waals surface area contributed by atoms with E-state index in [1.54, 1.807) is 6.21 Å². The summed E-state index contributed by atoms with van der Waals surface area (Å²) in [4.78, 5) is 12.6. The summed E-state index contributed by atoms with van der Waals surface area (Å²) in [6, 6.07) is 10.5. The van der Waals surface area contributed by atoms with Crippen molar-refractivity contribution < 1.29 is 18.3 Å². The molecule has 1 atom stereocenters. The van der Waals surface area contributed by atoms with Gasteiger partial charge in [-0.3, -0.25) is 4.79 Å². The summed E-state index contributed by atoms with van der Waals surface area (Å²) in [5.41, 5.74) is 2.21. The van der Waals surface area contributed by atoms with Gasteiger partial charge in [0.2, 0.25) is 5.91 Å². The average molecular weight is 384 g/mol. The smallest absolute Gasteiger partial charge is 0.243 e. The van der Waals surface area contributed by atoms with Crippen molar-refractivity contribution in [2.24, 2.45) is 5.10 Å². The first kappa shape index (κ1) is 19.7. The van der Waals surface area contributed by atoms with Gasteiger partial charge in [-0.1, -0.05) is 24.8 Å². The number of hydrazone groups is 1. The zero-order valence-corrected chi connectivity index (χ0v) is 15.7. The third-order valence-electron chi connectivity index (χ3n) is 4.57. The molecule has 0 saturated heterocycles. The molecule has 2 aromatic rings. The van der Waals surface area contributed by atoms with Crippen molar-refractivity contribution in [2.45, 2.75) is 32.2 Å². The van der Waals surface area contributed by atoms with Crippen LogP contribution in [0.1, 0.15) is 36.4 Å². The number of ether oxygens (including phenoxy) is 1. The molecule has 0 fully saturated rings. The van der Waals surface area contributed by atoms with Crippen LogP contribution in [0.3, 0.4) is 0 Å². The Hall–Kier alpha value is -3.02. The first-order chi connectivity index (χ1) is 13.4. The second-order valence-corrected chi connectivity index (χ2v) is 6.79. The van der Waals surface area contributed by atoms with Crippen LogP contribution in [0, 0.1) is 18.6 Å². The minimum atomic E-state index is -0.670. The Balaban J connectivity index is 1.54. The Kier molecular flexibility index (Phi) is 6.19. The third kappa shape index (κ3) is 4.82. The zero-order valence-electron chi connectivity index (χ0n) is 15.7. The van der Waals surface area contributed by atoms with Crippen molar-refractivity contribution in [2.75, 3.05) is 6.61 Å². The molecule has 1 aliphatic rings. The van der Waals surface area contributed by atoms with E-state index < -0.39 is 17.7 Å². The largest absolute Gasteiger partial charge is 0.489 e. The van der Waals surface area contributed by atoms with Crippen molar-refractivity contribution in [3.63, 3.8) is 0 Å². The summed E-state index contributed by atoms with van der Waals surface area (Å²) in [6.07, 6.45) is 2.65. The normalized spacial score (nSPS) is 15.7. The number of carbonyl (C=O) groups excluding carboxylic acids is 1. The monoisotopic (exact) mass is 384 g/mol. The fourth-order valence-electron chi connectivity index (χ4n) is 3.07. The maximum absolute atomic E-state index is 13.5. The Bertz CT molecular complexity index is 891. The number of benzene rings is 2.